The number of imidazole rings is 1. The molecule has 0 fully saturated rings. The van der Waals surface area contributed by atoms with Crippen LogP contribution in [0.3, 0.4) is 0 Å². The van der Waals surface area contributed by atoms with Gasteiger partial charge in [0.2, 0.25) is 5.95 Å². The summed E-state index contributed by atoms with van der Waals surface area (Å²) in [5.74, 6) is 0.705. The minimum Gasteiger partial charge on any atom is -0.310 e. The van der Waals surface area contributed by atoms with E-state index in [2.05, 4.69) is 14.9 Å². The number of anilines is 2. The van der Waals surface area contributed by atoms with E-state index in [1.807, 2.05) is 35.8 Å². The van der Waals surface area contributed by atoms with E-state index in [1.54, 1.807) is 7.05 Å². The molecule has 4 rings (SSSR count). The van der Waals surface area contributed by atoms with E-state index in [9.17, 15) is 9.59 Å². The fraction of sp³-hybridized carbons (Fsp3) is 0.267. The Morgan fingerprint density at radius 1 is 1.18 bits per heavy atom. The van der Waals surface area contributed by atoms with Crippen LogP contribution in [0.2, 0.25) is 0 Å². The molecule has 0 spiro atoms. The number of H-pyrrole nitrogens is 1. The fourth-order valence-electron chi connectivity index (χ4n) is 3.04. The lowest BCUT2D eigenvalue weighted by Crippen LogP contribution is -2.29. The first-order valence-corrected chi connectivity index (χ1v) is 7.10. The van der Waals surface area contributed by atoms with Crippen molar-refractivity contribution in [3.63, 3.8) is 0 Å². The van der Waals surface area contributed by atoms with E-state index in [0.29, 0.717) is 23.7 Å². The van der Waals surface area contributed by atoms with E-state index in [-0.39, 0.29) is 5.56 Å². The highest BCUT2D eigenvalue weighted by molar-refractivity contribution is 5.78. The molecule has 0 unspecified atom stereocenters. The molecule has 1 aliphatic heterocycles. The molecule has 0 bridgehead atoms. The average Bonchev–Trinajstić information content (AvgIpc) is 3.04. The maximum atomic E-state index is 12.1. The van der Waals surface area contributed by atoms with Gasteiger partial charge in [-0.1, -0.05) is 18.2 Å². The Kier molecular flexibility index (Phi) is 2.53. The van der Waals surface area contributed by atoms with Crippen LogP contribution in [0.15, 0.2) is 33.9 Å². The highest BCUT2D eigenvalue weighted by Gasteiger charge is 2.28. The third kappa shape index (κ3) is 1.59. The molecule has 1 N–H and O–H groups in total. The molecule has 7 heteroatoms. The average molecular weight is 297 g/mol. The number of hydrogen-bond donors (Lipinski definition) is 1. The van der Waals surface area contributed by atoms with Crippen LogP contribution in [0.4, 0.5) is 11.6 Å². The zero-order valence-corrected chi connectivity index (χ0v) is 12.3. The van der Waals surface area contributed by atoms with Crippen molar-refractivity contribution in [1.82, 2.24) is 19.1 Å². The van der Waals surface area contributed by atoms with Gasteiger partial charge in [-0.05, 0) is 18.6 Å². The molecule has 3 aromatic rings. The molecule has 1 aliphatic rings. The van der Waals surface area contributed by atoms with Crippen molar-refractivity contribution in [3.8, 4) is 0 Å². The lowest BCUT2D eigenvalue weighted by Gasteiger charge is -2.18. The lowest BCUT2D eigenvalue weighted by molar-refractivity contribution is 0.797. The van der Waals surface area contributed by atoms with Crippen molar-refractivity contribution >= 4 is 22.8 Å². The molecule has 0 atom stereocenters. The molecule has 0 saturated heterocycles. The molecular weight excluding hydrogens is 282 g/mol. The Morgan fingerprint density at radius 3 is 2.73 bits per heavy atom. The second-order valence-corrected chi connectivity index (χ2v) is 5.49. The van der Waals surface area contributed by atoms with E-state index in [1.165, 1.54) is 4.57 Å². The van der Waals surface area contributed by atoms with Crippen LogP contribution in [0.5, 0.6) is 0 Å². The van der Waals surface area contributed by atoms with Crippen molar-refractivity contribution in [2.45, 2.75) is 13.5 Å². The molecule has 0 aliphatic carbocycles. The van der Waals surface area contributed by atoms with Gasteiger partial charge >= 0.3 is 5.69 Å². The largest absolute Gasteiger partial charge is 0.329 e. The number of para-hydroxylation sites is 1. The molecular formula is C15H15N5O2. The zero-order chi connectivity index (χ0) is 15.4. The lowest BCUT2D eigenvalue weighted by atomic mass is 10.2. The maximum absolute atomic E-state index is 12.1. The fourth-order valence-corrected chi connectivity index (χ4v) is 3.04. The van der Waals surface area contributed by atoms with Crippen LogP contribution in [0, 0.1) is 6.92 Å². The van der Waals surface area contributed by atoms with Crippen molar-refractivity contribution in [2.24, 2.45) is 7.05 Å². The molecule has 0 saturated carbocycles. The number of aromatic nitrogens is 4. The normalized spacial score (nSPS) is 13.8. The summed E-state index contributed by atoms with van der Waals surface area (Å²) in [5.41, 5.74) is 2.25. The molecule has 7 nitrogen and oxygen atoms in total. The van der Waals surface area contributed by atoms with Gasteiger partial charge < -0.3 is 9.47 Å². The quantitative estimate of drug-likeness (QED) is 0.723. The number of benzene rings is 1. The summed E-state index contributed by atoms with van der Waals surface area (Å²) in [7, 11) is 1.61. The van der Waals surface area contributed by atoms with Crippen LogP contribution >= 0.6 is 0 Å². The van der Waals surface area contributed by atoms with Gasteiger partial charge in [-0.25, -0.2) is 4.79 Å². The maximum Gasteiger partial charge on any atom is 0.329 e. The smallest absolute Gasteiger partial charge is 0.310 e. The highest BCUT2D eigenvalue weighted by Crippen LogP contribution is 2.33. The molecule has 0 radical (unpaired) electrons. The molecule has 22 heavy (non-hydrogen) atoms. The minimum atomic E-state index is -0.447. The van der Waals surface area contributed by atoms with Gasteiger partial charge in [0.25, 0.3) is 5.56 Å². The Labute approximate surface area is 125 Å². The number of nitrogens with one attached hydrogen (secondary N) is 1. The summed E-state index contributed by atoms with van der Waals surface area (Å²) in [4.78, 5) is 32.8. The molecule has 2 aromatic heterocycles. The summed E-state index contributed by atoms with van der Waals surface area (Å²) in [6, 6.07) is 8.05. The van der Waals surface area contributed by atoms with Crippen molar-refractivity contribution in [1.29, 1.82) is 0 Å². The second kappa shape index (κ2) is 4.33. The monoisotopic (exact) mass is 297 g/mol. The number of rotatable bonds is 1. The minimum absolute atomic E-state index is 0.386. The summed E-state index contributed by atoms with van der Waals surface area (Å²) < 4.78 is 3.25. The molecule has 112 valence electrons. The number of aryl methyl sites for hydroxylation is 2. The van der Waals surface area contributed by atoms with Gasteiger partial charge in [0.1, 0.15) is 0 Å². The summed E-state index contributed by atoms with van der Waals surface area (Å²) in [5, 5.41) is 0. The van der Waals surface area contributed by atoms with Crippen molar-refractivity contribution in [3.05, 3.63) is 50.7 Å². The third-order valence-corrected chi connectivity index (χ3v) is 4.18. The zero-order valence-electron chi connectivity index (χ0n) is 12.3. The van der Waals surface area contributed by atoms with Gasteiger partial charge in [-0.3, -0.25) is 14.3 Å². The van der Waals surface area contributed by atoms with Crippen molar-refractivity contribution in [2.75, 3.05) is 11.4 Å². The highest BCUT2D eigenvalue weighted by atomic mass is 16.2. The Balaban J connectivity index is 2.01. The van der Waals surface area contributed by atoms with E-state index >= 15 is 0 Å². The predicted octanol–water partition coefficient (Wildman–Crippen LogP) is 0.883. The Hall–Kier alpha value is -2.83. The van der Waals surface area contributed by atoms with Gasteiger partial charge in [0.05, 0.1) is 0 Å². The van der Waals surface area contributed by atoms with Gasteiger partial charge in [-0.15, -0.1) is 0 Å². The summed E-state index contributed by atoms with van der Waals surface area (Å²) in [6.45, 7) is 3.47. The predicted molar refractivity (Wildman–Crippen MR) is 83.8 cm³/mol. The standard InChI is InChI=1S/C15H15N5O2/c1-9-5-3-4-6-10(9)19-7-8-20-11-12(16-14(19)20)18(2)15(22)17-13(11)21/h3-6H,7-8H2,1-2H3,(H,17,21,22). The topological polar surface area (TPSA) is 75.9 Å². The van der Waals surface area contributed by atoms with E-state index in [4.69, 9.17) is 0 Å². The number of aromatic amines is 1. The van der Waals surface area contributed by atoms with Gasteiger partial charge in [0, 0.05) is 25.8 Å². The Bertz CT molecular complexity index is 1010. The molecule has 0 amide bonds. The van der Waals surface area contributed by atoms with E-state index in [0.717, 1.165) is 17.8 Å². The van der Waals surface area contributed by atoms with E-state index < -0.39 is 5.69 Å². The van der Waals surface area contributed by atoms with Crippen LogP contribution in [0.25, 0.3) is 11.2 Å². The van der Waals surface area contributed by atoms with Crippen LogP contribution < -0.4 is 16.1 Å². The Morgan fingerprint density at radius 2 is 1.95 bits per heavy atom. The third-order valence-electron chi connectivity index (χ3n) is 4.18. The van der Waals surface area contributed by atoms with Gasteiger partial charge in [0.15, 0.2) is 11.2 Å². The first kappa shape index (κ1) is 12.9. The number of fused-ring (bicyclic) bond motifs is 3. The second-order valence-electron chi connectivity index (χ2n) is 5.49. The van der Waals surface area contributed by atoms with Crippen LogP contribution in [-0.4, -0.2) is 25.6 Å². The van der Waals surface area contributed by atoms with Crippen LogP contribution in [0.1, 0.15) is 5.56 Å². The molecule has 1 aromatic carbocycles. The number of hydrogen-bond acceptors (Lipinski definition) is 4. The SMILES string of the molecule is Cc1ccccc1N1CCn2c1nc1c2c(=O)[nH]c(=O)n1C. The number of nitrogens with zero attached hydrogens (tertiary/aromatic N) is 4. The first-order chi connectivity index (χ1) is 10.6. The summed E-state index contributed by atoms with van der Waals surface area (Å²) >= 11 is 0. The first-order valence-electron chi connectivity index (χ1n) is 7.10. The molecule has 3 heterocycles. The van der Waals surface area contributed by atoms with Crippen LogP contribution in [-0.2, 0) is 13.6 Å². The summed E-state index contributed by atoms with van der Waals surface area (Å²) in [6.07, 6.45) is 0. The van der Waals surface area contributed by atoms with Gasteiger partial charge in [-0.2, -0.15) is 4.98 Å². The van der Waals surface area contributed by atoms with Crippen molar-refractivity contribution < 1.29 is 0 Å².